The highest BCUT2D eigenvalue weighted by Crippen LogP contribution is 2.21. The molecule has 2 N–H and O–H groups in total. The number of rotatable bonds is 1. The van der Waals surface area contributed by atoms with Gasteiger partial charge in [-0.3, -0.25) is 0 Å². The van der Waals surface area contributed by atoms with E-state index in [4.69, 9.17) is 5.73 Å². The van der Waals surface area contributed by atoms with Gasteiger partial charge in [0, 0.05) is 14.7 Å². The summed E-state index contributed by atoms with van der Waals surface area (Å²) in [5.74, 6) is -0.227. The van der Waals surface area contributed by atoms with Gasteiger partial charge in [0.25, 0.3) is 0 Å². The van der Waals surface area contributed by atoms with Crippen LogP contribution in [0.4, 0.5) is 4.39 Å². The summed E-state index contributed by atoms with van der Waals surface area (Å²) in [6, 6.07) is 5.08. The van der Waals surface area contributed by atoms with Crippen LogP contribution < -0.4 is 5.73 Å². The molecule has 0 saturated heterocycles. The minimum Gasteiger partial charge on any atom is -0.322 e. The first-order chi connectivity index (χ1) is 5.41. The lowest BCUT2D eigenvalue weighted by Gasteiger charge is -2.19. The highest BCUT2D eigenvalue weighted by atomic mass is 127. The Balaban J connectivity index is 3.19. The van der Waals surface area contributed by atoms with E-state index in [1.165, 1.54) is 6.07 Å². The summed E-state index contributed by atoms with van der Waals surface area (Å²) in [6.45, 7) is 3.58. The third kappa shape index (κ3) is 2.17. The van der Waals surface area contributed by atoms with Crippen molar-refractivity contribution >= 4 is 22.6 Å². The molecule has 12 heavy (non-hydrogen) atoms. The molecule has 0 amide bonds. The fourth-order valence-electron chi connectivity index (χ4n) is 1.01. The Hall–Kier alpha value is -0.160. The normalized spacial score (nSPS) is 11.8. The van der Waals surface area contributed by atoms with Gasteiger partial charge in [-0.2, -0.15) is 0 Å². The van der Waals surface area contributed by atoms with E-state index in [0.717, 1.165) is 3.57 Å². The van der Waals surface area contributed by atoms with Crippen molar-refractivity contribution in [2.45, 2.75) is 19.4 Å². The predicted molar refractivity (Wildman–Crippen MR) is 56.3 cm³/mol. The van der Waals surface area contributed by atoms with E-state index in [1.807, 2.05) is 6.07 Å². The molecule has 0 bridgehead atoms. The molecule has 3 heteroatoms. The summed E-state index contributed by atoms with van der Waals surface area (Å²) in [4.78, 5) is 0. The Bertz CT molecular complexity index is 291. The van der Waals surface area contributed by atoms with Crippen LogP contribution in [0.1, 0.15) is 19.4 Å². The monoisotopic (exact) mass is 279 g/mol. The summed E-state index contributed by atoms with van der Waals surface area (Å²) in [7, 11) is 0. The first kappa shape index (κ1) is 9.92. The minimum absolute atomic E-state index is 0.227. The SMILES string of the molecule is CC(C)(N)c1ccc(I)cc1F. The molecule has 0 spiro atoms. The van der Waals surface area contributed by atoms with Crippen LogP contribution in [0.25, 0.3) is 0 Å². The molecule has 0 radical (unpaired) electrons. The highest BCUT2D eigenvalue weighted by molar-refractivity contribution is 14.1. The lowest BCUT2D eigenvalue weighted by Crippen LogP contribution is -2.29. The first-order valence-corrected chi connectivity index (χ1v) is 4.73. The van der Waals surface area contributed by atoms with Crippen LogP contribution in [0.2, 0.25) is 0 Å². The van der Waals surface area contributed by atoms with Crippen LogP contribution in [0.3, 0.4) is 0 Å². The van der Waals surface area contributed by atoms with Crippen molar-refractivity contribution in [3.05, 3.63) is 33.1 Å². The zero-order valence-electron chi connectivity index (χ0n) is 7.07. The van der Waals surface area contributed by atoms with Crippen LogP contribution in [0.5, 0.6) is 0 Å². The number of hydrogen-bond acceptors (Lipinski definition) is 1. The van der Waals surface area contributed by atoms with Crippen molar-refractivity contribution in [3.8, 4) is 0 Å². The second-order valence-corrected chi connectivity index (χ2v) is 4.59. The lowest BCUT2D eigenvalue weighted by molar-refractivity contribution is 0.501. The van der Waals surface area contributed by atoms with Crippen molar-refractivity contribution < 1.29 is 4.39 Å². The molecule has 0 unspecified atom stereocenters. The average Bonchev–Trinajstić information content (AvgIpc) is 1.83. The van der Waals surface area contributed by atoms with Gasteiger partial charge in [0.2, 0.25) is 0 Å². The maximum Gasteiger partial charge on any atom is 0.129 e. The molecule has 1 rings (SSSR count). The second-order valence-electron chi connectivity index (χ2n) is 3.35. The Kier molecular flexibility index (Phi) is 2.73. The van der Waals surface area contributed by atoms with E-state index in [9.17, 15) is 4.39 Å². The summed E-state index contributed by atoms with van der Waals surface area (Å²) in [5, 5.41) is 0. The van der Waals surface area contributed by atoms with Crippen molar-refractivity contribution in [3.63, 3.8) is 0 Å². The number of benzene rings is 1. The standard InChI is InChI=1S/C9H11FIN/c1-9(2,12)7-4-3-6(11)5-8(7)10/h3-5H,12H2,1-2H3. The molecule has 1 aromatic rings. The minimum atomic E-state index is -0.603. The van der Waals surface area contributed by atoms with Gasteiger partial charge in [0.1, 0.15) is 5.82 Å². The zero-order chi connectivity index (χ0) is 9.35. The summed E-state index contributed by atoms with van der Waals surface area (Å²) < 4.78 is 14.1. The van der Waals surface area contributed by atoms with Crippen LogP contribution in [0.15, 0.2) is 18.2 Å². The molecule has 0 aliphatic carbocycles. The molecule has 0 heterocycles. The molecule has 0 saturated carbocycles. The molecule has 0 aliphatic heterocycles. The Labute approximate surface area is 85.3 Å². The third-order valence-corrected chi connectivity index (χ3v) is 2.30. The van der Waals surface area contributed by atoms with Crippen molar-refractivity contribution in [2.75, 3.05) is 0 Å². The Morgan fingerprint density at radius 3 is 2.42 bits per heavy atom. The molecule has 0 aromatic heterocycles. The molecule has 0 fully saturated rings. The molecular formula is C9H11FIN. The van der Waals surface area contributed by atoms with E-state index in [1.54, 1.807) is 19.9 Å². The summed E-state index contributed by atoms with van der Waals surface area (Å²) in [5.41, 5.74) is 5.72. The van der Waals surface area contributed by atoms with Crippen LogP contribution in [0, 0.1) is 9.39 Å². The fraction of sp³-hybridized carbons (Fsp3) is 0.333. The van der Waals surface area contributed by atoms with Gasteiger partial charge in [0.05, 0.1) is 0 Å². The summed E-state index contributed by atoms with van der Waals surface area (Å²) in [6.07, 6.45) is 0. The third-order valence-electron chi connectivity index (χ3n) is 1.63. The van der Waals surface area contributed by atoms with E-state index < -0.39 is 5.54 Å². The van der Waals surface area contributed by atoms with Crippen molar-refractivity contribution in [1.29, 1.82) is 0 Å². The van der Waals surface area contributed by atoms with Gasteiger partial charge in [-0.15, -0.1) is 0 Å². The average molecular weight is 279 g/mol. The van der Waals surface area contributed by atoms with E-state index in [-0.39, 0.29) is 5.82 Å². The number of nitrogens with two attached hydrogens (primary N) is 1. The van der Waals surface area contributed by atoms with Crippen LogP contribution >= 0.6 is 22.6 Å². The topological polar surface area (TPSA) is 26.0 Å². The van der Waals surface area contributed by atoms with Gasteiger partial charge >= 0.3 is 0 Å². The second kappa shape index (κ2) is 3.30. The predicted octanol–water partition coefficient (Wildman–Crippen LogP) is 2.62. The quantitative estimate of drug-likeness (QED) is 0.786. The van der Waals surface area contributed by atoms with Gasteiger partial charge in [-0.05, 0) is 48.6 Å². The van der Waals surface area contributed by atoms with Crippen molar-refractivity contribution in [2.24, 2.45) is 5.73 Å². The number of halogens is 2. The smallest absolute Gasteiger partial charge is 0.129 e. The molecule has 1 aromatic carbocycles. The van der Waals surface area contributed by atoms with Gasteiger partial charge < -0.3 is 5.73 Å². The number of hydrogen-bond donors (Lipinski definition) is 1. The Morgan fingerprint density at radius 2 is 2.00 bits per heavy atom. The van der Waals surface area contributed by atoms with E-state index in [0.29, 0.717) is 5.56 Å². The van der Waals surface area contributed by atoms with E-state index in [2.05, 4.69) is 22.6 Å². The molecule has 1 nitrogen and oxygen atoms in total. The molecular weight excluding hydrogens is 268 g/mol. The maximum absolute atomic E-state index is 13.3. The molecule has 66 valence electrons. The maximum atomic E-state index is 13.3. The molecule has 0 aliphatic rings. The molecule has 0 atom stereocenters. The fourth-order valence-corrected chi connectivity index (χ4v) is 1.47. The van der Waals surface area contributed by atoms with Gasteiger partial charge in [-0.25, -0.2) is 4.39 Å². The first-order valence-electron chi connectivity index (χ1n) is 3.65. The Morgan fingerprint density at radius 1 is 1.42 bits per heavy atom. The lowest BCUT2D eigenvalue weighted by atomic mass is 9.95. The largest absolute Gasteiger partial charge is 0.322 e. The van der Waals surface area contributed by atoms with Gasteiger partial charge in [0.15, 0.2) is 0 Å². The van der Waals surface area contributed by atoms with Crippen molar-refractivity contribution in [1.82, 2.24) is 0 Å². The zero-order valence-corrected chi connectivity index (χ0v) is 9.22. The van der Waals surface area contributed by atoms with Gasteiger partial charge in [-0.1, -0.05) is 6.07 Å². The van der Waals surface area contributed by atoms with Crippen LogP contribution in [-0.4, -0.2) is 0 Å². The van der Waals surface area contributed by atoms with E-state index >= 15 is 0 Å². The highest BCUT2D eigenvalue weighted by Gasteiger charge is 2.18. The van der Waals surface area contributed by atoms with Crippen LogP contribution in [-0.2, 0) is 5.54 Å². The summed E-state index contributed by atoms with van der Waals surface area (Å²) >= 11 is 2.07.